The third-order valence-corrected chi connectivity index (χ3v) is 4.41. The van der Waals surface area contributed by atoms with Crippen LogP contribution >= 0.6 is 0 Å². The third kappa shape index (κ3) is 3.50. The molecule has 1 aliphatic heterocycles. The fraction of sp³-hybridized carbons (Fsp3) is 0.529. The molecular formula is C17H23N3O. The highest BCUT2D eigenvalue weighted by Gasteiger charge is 2.22. The van der Waals surface area contributed by atoms with E-state index in [2.05, 4.69) is 41.4 Å². The molecule has 112 valence electrons. The van der Waals surface area contributed by atoms with E-state index in [0.717, 1.165) is 31.0 Å². The number of hydrogen-bond donors (Lipinski definition) is 1. The van der Waals surface area contributed by atoms with E-state index >= 15 is 0 Å². The van der Waals surface area contributed by atoms with E-state index in [4.69, 9.17) is 4.52 Å². The van der Waals surface area contributed by atoms with Crippen molar-refractivity contribution >= 4 is 0 Å². The van der Waals surface area contributed by atoms with Crippen LogP contribution in [-0.2, 0) is 6.42 Å². The fourth-order valence-corrected chi connectivity index (χ4v) is 2.96. The third-order valence-electron chi connectivity index (χ3n) is 4.41. The summed E-state index contributed by atoms with van der Waals surface area (Å²) in [6.45, 7) is 6.63. The second kappa shape index (κ2) is 6.39. The second-order valence-electron chi connectivity index (χ2n) is 6.17. The number of nitrogens with zero attached hydrogens (tertiary/aromatic N) is 2. The van der Waals surface area contributed by atoms with Crippen molar-refractivity contribution in [3.8, 4) is 11.4 Å². The van der Waals surface area contributed by atoms with Crippen LogP contribution in [0.5, 0.6) is 0 Å². The summed E-state index contributed by atoms with van der Waals surface area (Å²) in [4.78, 5) is 4.55. The van der Waals surface area contributed by atoms with Crippen LogP contribution < -0.4 is 5.32 Å². The predicted octanol–water partition coefficient (Wildman–Crippen LogP) is 3.22. The maximum absolute atomic E-state index is 5.43. The highest BCUT2D eigenvalue weighted by molar-refractivity contribution is 5.54. The summed E-state index contributed by atoms with van der Waals surface area (Å²) in [6.07, 6.45) is 3.44. The van der Waals surface area contributed by atoms with Crippen LogP contribution in [0.1, 0.15) is 31.2 Å². The van der Waals surface area contributed by atoms with Crippen LogP contribution in [0.25, 0.3) is 11.4 Å². The SMILES string of the molecule is Cc1ccc(-c2noc(CC(C)C3CCCNC3)n2)cc1. The van der Waals surface area contributed by atoms with Crippen LogP contribution in [-0.4, -0.2) is 23.2 Å². The molecule has 1 fully saturated rings. The molecule has 2 heterocycles. The highest BCUT2D eigenvalue weighted by Crippen LogP contribution is 2.24. The Hall–Kier alpha value is -1.68. The first kappa shape index (κ1) is 14.3. The van der Waals surface area contributed by atoms with Gasteiger partial charge in [0.15, 0.2) is 0 Å². The molecule has 2 atom stereocenters. The van der Waals surface area contributed by atoms with Gasteiger partial charge in [-0.1, -0.05) is 41.9 Å². The van der Waals surface area contributed by atoms with Gasteiger partial charge in [-0.2, -0.15) is 4.98 Å². The number of aryl methyl sites for hydroxylation is 1. The molecule has 0 spiro atoms. The zero-order valence-electron chi connectivity index (χ0n) is 12.8. The van der Waals surface area contributed by atoms with Gasteiger partial charge in [0, 0.05) is 12.0 Å². The van der Waals surface area contributed by atoms with Crippen molar-refractivity contribution in [1.82, 2.24) is 15.5 Å². The minimum Gasteiger partial charge on any atom is -0.339 e. The Morgan fingerprint density at radius 2 is 2.14 bits per heavy atom. The lowest BCUT2D eigenvalue weighted by atomic mass is 9.85. The van der Waals surface area contributed by atoms with Crippen LogP contribution in [0, 0.1) is 18.8 Å². The number of benzene rings is 1. The molecule has 1 aromatic carbocycles. The molecule has 2 aromatic rings. The van der Waals surface area contributed by atoms with Gasteiger partial charge in [-0.15, -0.1) is 0 Å². The molecule has 1 aromatic heterocycles. The average Bonchev–Trinajstić information content (AvgIpc) is 2.97. The van der Waals surface area contributed by atoms with Gasteiger partial charge in [0.2, 0.25) is 11.7 Å². The summed E-state index contributed by atoms with van der Waals surface area (Å²) >= 11 is 0. The van der Waals surface area contributed by atoms with Gasteiger partial charge >= 0.3 is 0 Å². The van der Waals surface area contributed by atoms with Gasteiger partial charge in [-0.25, -0.2) is 0 Å². The van der Waals surface area contributed by atoms with Crippen molar-refractivity contribution in [2.75, 3.05) is 13.1 Å². The van der Waals surface area contributed by atoms with E-state index in [0.29, 0.717) is 17.7 Å². The van der Waals surface area contributed by atoms with E-state index in [1.807, 2.05) is 12.1 Å². The standard InChI is InChI=1S/C17H23N3O/c1-12-5-7-14(8-6-12)17-19-16(21-20-17)10-13(2)15-4-3-9-18-11-15/h5-8,13,15,18H,3-4,9-11H2,1-2H3. The van der Waals surface area contributed by atoms with E-state index in [1.54, 1.807) is 0 Å². The minimum atomic E-state index is 0.573. The second-order valence-corrected chi connectivity index (χ2v) is 6.17. The Morgan fingerprint density at radius 1 is 1.33 bits per heavy atom. The maximum atomic E-state index is 5.43. The maximum Gasteiger partial charge on any atom is 0.227 e. The largest absolute Gasteiger partial charge is 0.339 e. The molecule has 4 heteroatoms. The van der Waals surface area contributed by atoms with E-state index in [9.17, 15) is 0 Å². The first-order chi connectivity index (χ1) is 10.2. The lowest BCUT2D eigenvalue weighted by molar-refractivity contribution is 0.257. The van der Waals surface area contributed by atoms with Crippen LogP contribution in [0.3, 0.4) is 0 Å². The van der Waals surface area contributed by atoms with Gasteiger partial charge in [0.1, 0.15) is 0 Å². The quantitative estimate of drug-likeness (QED) is 0.937. The van der Waals surface area contributed by atoms with Crippen LogP contribution in [0.15, 0.2) is 28.8 Å². The monoisotopic (exact) mass is 285 g/mol. The summed E-state index contributed by atoms with van der Waals surface area (Å²) in [5.41, 5.74) is 2.25. The van der Waals surface area contributed by atoms with Crippen molar-refractivity contribution in [2.24, 2.45) is 11.8 Å². The first-order valence-corrected chi connectivity index (χ1v) is 7.82. The van der Waals surface area contributed by atoms with Crippen molar-refractivity contribution in [1.29, 1.82) is 0 Å². The van der Waals surface area contributed by atoms with Crippen LogP contribution in [0.4, 0.5) is 0 Å². The number of hydrogen-bond acceptors (Lipinski definition) is 4. The average molecular weight is 285 g/mol. The molecule has 0 radical (unpaired) electrons. The van der Waals surface area contributed by atoms with E-state index < -0.39 is 0 Å². The summed E-state index contributed by atoms with van der Waals surface area (Å²) in [5.74, 6) is 2.74. The van der Waals surface area contributed by atoms with Gasteiger partial charge in [0.05, 0.1) is 0 Å². The molecule has 0 bridgehead atoms. The van der Waals surface area contributed by atoms with Crippen molar-refractivity contribution in [2.45, 2.75) is 33.1 Å². The Balaban J connectivity index is 1.65. The molecule has 0 saturated carbocycles. The van der Waals surface area contributed by atoms with Crippen molar-refractivity contribution in [3.05, 3.63) is 35.7 Å². The molecule has 1 aliphatic rings. The van der Waals surface area contributed by atoms with Crippen molar-refractivity contribution < 1.29 is 4.52 Å². The molecule has 0 amide bonds. The van der Waals surface area contributed by atoms with Gasteiger partial charge in [0.25, 0.3) is 0 Å². The summed E-state index contributed by atoms with van der Waals surface area (Å²) in [6, 6.07) is 8.22. The number of piperidine rings is 1. The molecule has 2 unspecified atom stereocenters. The lowest BCUT2D eigenvalue weighted by Crippen LogP contribution is -2.33. The summed E-state index contributed by atoms with van der Waals surface area (Å²) in [7, 11) is 0. The zero-order chi connectivity index (χ0) is 14.7. The summed E-state index contributed by atoms with van der Waals surface area (Å²) in [5, 5.41) is 7.58. The molecule has 1 saturated heterocycles. The van der Waals surface area contributed by atoms with Gasteiger partial charge < -0.3 is 9.84 Å². The van der Waals surface area contributed by atoms with Crippen molar-refractivity contribution in [3.63, 3.8) is 0 Å². The normalized spacial score (nSPS) is 20.4. The lowest BCUT2D eigenvalue weighted by Gasteiger charge is -2.27. The number of rotatable bonds is 4. The zero-order valence-corrected chi connectivity index (χ0v) is 12.8. The Kier molecular flexibility index (Phi) is 4.34. The van der Waals surface area contributed by atoms with E-state index in [-0.39, 0.29) is 0 Å². The predicted molar refractivity (Wildman–Crippen MR) is 82.9 cm³/mol. The Labute approximate surface area is 126 Å². The Bertz CT molecular complexity index is 570. The molecule has 4 nitrogen and oxygen atoms in total. The highest BCUT2D eigenvalue weighted by atomic mass is 16.5. The number of aromatic nitrogens is 2. The molecule has 3 rings (SSSR count). The molecular weight excluding hydrogens is 262 g/mol. The summed E-state index contributed by atoms with van der Waals surface area (Å²) < 4.78 is 5.43. The number of nitrogens with one attached hydrogen (secondary N) is 1. The smallest absolute Gasteiger partial charge is 0.227 e. The topological polar surface area (TPSA) is 51.0 Å². The Morgan fingerprint density at radius 3 is 2.86 bits per heavy atom. The fourth-order valence-electron chi connectivity index (χ4n) is 2.96. The molecule has 0 aliphatic carbocycles. The van der Waals surface area contributed by atoms with Gasteiger partial charge in [-0.3, -0.25) is 0 Å². The van der Waals surface area contributed by atoms with E-state index in [1.165, 1.54) is 18.4 Å². The van der Waals surface area contributed by atoms with Gasteiger partial charge in [-0.05, 0) is 44.7 Å². The minimum absolute atomic E-state index is 0.573. The first-order valence-electron chi connectivity index (χ1n) is 7.82. The molecule has 21 heavy (non-hydrogen) atoms. The molecule has 1 N–H and O–H groups in total. The van der Waals surface area contributed by atoms with Crippen LogP contribution in [0.2, 0.25) is 0 Å².